The maximum Gasteiger partial charge on any atom is 0.356 e. The molecule has 0 radical (unpaired) electrons. The van der Waals surface area contributed by atoms with Gasteiger partial charge in [-0.2, -0.15) is 0 Å². The minimum atomic E-state index is -0.415. The van der Waals surface area contributed by atoms with Crippen molar-refractivity contribution in [2.45, 2.75) is 6.42 Å². The maximum atomic E-state index is 11.4. The van der Waals surface area contributed by atoms with Gasteiger partial charge in [0.05, 0.1) is 20.3 Å². The summed E-state index contributed by atoms with van der Waals surface area (Å²) in [6, 6.07) is 3.56. The molecule has 1 N–H and O–H groups in total. The normalized spacial score (nSPS) is 15.8. The van der Waals surface area contributed by atoms with E-state index in [2.05, 4.69) is 19.9 Å². The van der Waals surface area contributed by atoms with Crippen LogP contribution in [-0.2, 0) is 9.47 Å². The molecule has 1 saturated heterocycles. The fraction of sp³-hybridized carbons (Fsp3) is 0.571. The van der Waals surface area contributed by atoms with Crippen LogP contribution >= 0.6 is 0 Å². The van der Waals surface area contributed by atoms with E-state index in [9.17, 15) is 4.79 Å². The van der Waals surface area contributed by atoms with Gasteiger partial charge in [-0.05, 0) is 25.1 Å². The lowest BCUT2D eigenvalue weighted by Crippen LogP contribution is -2.37. The molecule has 2 heterocycles. The number of esters is 1. The fourth-order valence-electron chi connectivity index (χ4n) is 2.12. The van der Waals surface area contributed by atoms with Gasteiger partial charge in [-0.1, -0.05) is 0 Å². The summed E-state index contributed by atoms with van der Waals surface area (Å²) in [6.07, 6.45) is 2.66. The number of methoxy groups -OCH3 is 1. The molecule has 1 aliphatic rings. The summed E-state index contributed by atoms with van der Waals surface area (Å²) >= 11 is 0. The van der Waals surface area contributed by atoms with Crippen LogP contribution in [-0.4, -0.2) is 62.4 Å². The molecule has 6 nitrogen and oxygen atoms in total. The molecule has 0 aliphatic carbocycles. The average Bonchev–Trinajstić information content (AvgIpc) is 2.52. The number of carbonyl (C=O) groups is 1. The largest absolute Gasteiger partial charge is 0.464 e. The number of nitrogens with one attached hydrogen (secondary N) is 1. The van der Waals surface area contributed by atoms with Gasteiger partial charge in [0.25, 0.3) is 0 Å². The van der Waals surface area contributed by atoms with Gasteiger partial charge in [-0.25, -0.2) is 9.78 Å². The van der Waals surface area contributed by atoms with Crippen molar-refractivity contribution in [3.8, 4) is 0 Å². The smallest absolute Gasteiger partial charge is 0.356 e. The second-order valence-electron chi connectivity index (χ2n) is 4.66. The van der Waals surface area contributed by atoms with Crippen molar-refractivity contribution < 1.29 is 14.3 Å². The highest BCUT2D eigenvalue weighted by atomic mass is 16.5. The van der Waals surface area contributed by atoms with Gasteiger partial charge < -0.3 is 14.8 Å². The van der Waals surface area contributed by atoms with Crippen LogP contribution in [0.3, 0.4) is 0 Å². The fourth-order valence-corrected chi connectivity index (χ4v) is 2.12. The van der Waals surface area contributed by atoms with Crippen LogP contribution in [0.1, 0.15) is 16.9 Å². The highest BCUT2D eigenvalue weighted by Gasteiger charge is 2.09. The predicted octanol–water partition coefficient (Wildman–Crippen LogP) is 1.00. The first-order valence-corrected chi connectivity index (χ1v) is 6.88. The molecule has 1 aromatic heterocycles. The third-order valence-corrected chi connectivity index (χ3v) is 3.24. The molecule has 110 valence electrons. The molecule has 1 fully saturated rings. The zero-order valence-electron chi connectivity index (χ0n) is 11.8. The molecule has 1 aromatic rings. The number of anilines is 1. The number of aromatic nitrogens is 1. The second-order valence-corrected chi connectivity index (χ2v) is 4.66. The molecule has 0 unspecified atom stereocenters. The molecule has 0 atom stereocenters. The van der Waals surface area contributed by atoms with Gasteiger partial charge >= 0.3 is 5.97 Å². The molecule has 0 saturated carbocycles. The van der Waals surface area contributed by atoms with Crippen LogP contribution in [0, 0.1) is 0 Å². The number of ether oxygens (including phenoxy) is 2. The SMILES string of the molecule is COC(=O)c1cc(NCCCN2CCOCC2)ccn1. The van der Waals surface area contributed by atoms with E-state index in [-0.39, 0.29) is 0 Å². The summed E-state index contributed by atoms with van der Waals surface area (Å²) in [4.78, 5) is 17.7. The van der Waals surface area contributed by atoms with Crippen molar-refractivity contribution in [1.82, 2.24) is 9.88 Å². The summed E-state index contributed by atoms with van der Waals surface area (Å²) in [6.45, 7) is 5.62. The van der Waals surface area contributed by atoms with Crippen molar-refractivity contribution in [2.75, 3.05) is 51.8 Å². The Labute approximate surface area is 119 Å². The summed E-state index contributed by atoms with van der Waals surface area (Å²) in [5.41, 5.74) is 1.22. The van der Waals surface area contributed by atoms with E-state index >= 15 is 0 Å². The lowest BCUT2D eigenvalue weighted by atomic mass is 10.3. The van der Waals surface area contributed by atoms with Crippen LogP contribution in [0.15, 0.2) is 18.3 Å². The van der Waals surface area contributed by atoms with Crippen molar-refractivity contribution >= 4 is 11.7 Å². The third-order valence-electron chi connectivity index (χ3n) is 3.24. The number of carbonyl (C=O) groups excluding carboxylic acids is 1. The molecule has 0 spiro atoms. The Morgan fingerprint density at radius 3 is 3.05 bits per heavy atom. The summed E-state index contributed by atoms with van der Waals surface area (Å²) in [5.74, 6) is -0.415. The van der Waals surface area contributed by atoms with Crippen molar-refractivity contribution in [1.29, 1.82) is 0 Å². The van der Waals surface area contributed by atoms with E-state index in [4.69, 9.17) is 4.74 Å². The van der Waals surface area contributed by atoms with Crippen LogP contribution < -0.4 is 5.32 Å². The van der Waals surface area contributed by atoms with Gasteiger partial charge in [0, 0.05) is 31.5 Å². The average molecular weight is 279 g/mol. The number of rotatable bonds is 6. The lowest BCUT2D eigenvalue weighted by Gasteiger charge is -2.26. The molecule has 0 aromatic carbocycles. The van der Waals surface area contributed by atoms with Crippen LogP contribution in [0.25, 0.3) is 0 Å². The van der Waals surface area contributed by atoms with E-state index in [0.29, 0.717) is 5.69 Å². The highest BCUT2D eigenvalue weighted by molar-refractivity contribution is 5.88. The van der Waals surface area contributed by atoms with E-state index in [0.717, 1.165) is 51.5 Å². The number of hydrogen-bond acceptors (Lipinski definition) is 6. The number of pyridine rings is 1. The minimum absolute atomic E-state index is 0.325. The molecule has 6 heteroatoms. The van der Waals surface area contributed by atoms with Gasteiger partial charge in [-0.15, -0.1) is 0 Å². The van der Waals surface area contributed by atoms with E-state index in [1.165, 1.54) is 7.11 Å². The van der Waals surface area contributed by atoms with E-state index in [1.807, 2.05) is 6.07 Å². The number of nitrogens with zero attached hydrogens (tertiary/aromatic N) is 2. The predicted molar refractivity (Wildman–Crippen MR) is 75.9 cm³/mol. The summed E-state index contributed by atoms with van der Waals surface area (Å²) in [5, 5.41) is 3.30. The lowest BCUT2D eigenvalue weighted by molar-refractivity contribution is 0.0378. The zero-order chi connectivity index (χ0) is 14.2. The maximum absolute atomic E-state index is 11.4. The number of hydrogen-bond donors (Lipinski definition) is 1. The summed E-state index contributed by atoms with van der Waals surface area (Å²) in [7, 11) is 1.35. The Bertz CT molecular complexity index is 433. The molecule has 20 heavy (non-hydrogen) atoms. The van der Waals surface area contributed by atoms with Crippen LogP contribution in [0.2, 0.25) is 0 Å². The Morgan fingerprint density at radius 1 is 1.50 bits per heavy atom. The van der Waals surface area contributed by atoms with E-state index in [1.54, 1.807) is 12.3 Å². The van der Waals surface area contributed by atoms with Gasteiger partial charge in [0.15, 0.2) is 0 Å². The van der Waals surface area contributed by atoms with Crippen LogP contribution in [0.5, 0.6) is 0 Å². The first-order chi connectivity index (χ1) is 9.79. The molecule has 0 bridgehead atoms. The van der Waals surface area contributed by atoms with Gasteiger partial charge in [0.2, 0.25) is 0 Å². The topological polar surface area (TPSA) is 63.7 Å². The molecule has 0 amide bonds. The zero-order valence-corrected chi connectivity index (χ0v) is 11.8. The monoisotopic (exact) mass is 279 g/mol. The van der Waals surface area contributed by atoms with Crippen molar-refractivity contribution in [3.05, 3.63) is 24.0 Å². The summed E-state index contributed by atoms with van der Waals surface area (Å²) < 4.78 is 9.96. The molecule has 1 aliphatic heterocycles. The quantitative estimate of drug-likeness (QED) is 0.619. The van der Waals surface area contributed by atoms with Crippen LogP contribution in [0.4, 0.5) is 5.69 Å². The first-order valence-electron chi connectivity index (χ1n) is 6.88. The Kier molecular flexibility index (Phi) is 5.76. The first kappa shape index (κ1) is 14.7. The number of morpholine rings is 1. The standard InChI is InChI=1S/C14H21N3O3/c1-19-14(18)13-11-12(3-5-16-13)15-4-2-6-17-7-9-20-10-8-17/h3,5,11H,2,4,6-10H2,1H3,(H,15,16). The second kappa shape index (κ2) is 7.81. The highest BCUT2D eigenvalue weighted by Crippen LogP contribution is 2.09. The molecule has 2 rings (SSSR count). The van der Waals surface area contributed by atoms with Gasteiger partial charge in [-0.3, -0.25) is 4.90 Å². The molecular formula is C14H21N3O3. The van der Waals surface area contributed by atoms with E-state index < -0.39 is 5.97 Å². The Morgan fingerprint density at radius 2 is 2.30 bits per heavy atom. The molecular weight excluding hydrogens is 258 g/mol. The Balaban J connectivity index is 1.72. The van der Waals surface area contributed by atoms with Crippen molar-refractivity contribution in [3.63, 3.8) is 0 Å². The van der Waals surface area contributed by atoms with Crippen molar-refractivity contribution in [2.24, 2.45) is 0 Å². The Hall–Kier alpha value is -1.66. The van der Waals surface area contributed by atoms with Gasteiger partial charge in [0.1, 0.15) is 5.69 Å². The minimum Gasteiger partial charge on any atom is -0.464 e. The third kappa shape index (κ3) is 4.47.